The molecule has 0 aromatic heterocycles. The predicted octanol–water partition coefficient (Wildman–Crippen LogP) is 4.68. The Kier molecular flexibility index (Phi) is 5.55. The summed E-state index contributed by atoms with van der Waals surface area (Å²) in [6.07, 6.45) is 4.68. The van der Waals surface area contributed by atoms with Crippen LogP contribution in [0.1, 0.15) is 36.0 Å². The van der Waals surface area contributed by atoms with Gasteiger partial charge in [-0.2, -0.15) is 0 Å². The highest BCUT2D eigenvalue weighted by molar-refractivity contribution is 9.09. The highest BCUT2D eigenvalue weighted by Crippen LogP contribution is 2.28. The first-order chi connectivity index (χ1) is 9.06. The average molecular weight is 365 g/mol. The molecule has 0 spiro atoms. The van der Waals surface area contributed by atoms with Gasteiger partial charge in [-0.3, -0.25) is 4.79 Å². The van der Waals surface area contributed by atoms with Crippen LogP contribution in [0, 0.1) is 5.92 Å². The van der Waals surface area contributed by atoms with Crippen molar-refractivity contribution in [2.45, 2.75) is 30.5 Å². The van der Waals surface area contributed by atoms with Gasteiger partial charge in [-0.15, -0.1) is 0 Å². The Balaban J connectivity index is 1.87. The fourth-order valence-corrected chi connectivity index (χ4v) is 3.35. The van der Waals surface area contributed by atoms with Gasteiger partial charge in [-0.05, 0) is 49.8 Å². The maximum Gasteiger partial charge on any atom is 0.252 e. The lowest BCUT2D eigenvalue weighted by Gasteiger charge is -2.25. The van der Waals surface area contributed by atoms with Gasteiger partial charge in [0, 0.05) is 16.4 Å². The van der Waals surface area contributed by atoms with Gasteiger partial charge in [-0.1, -0.05) is 39.1 Å². The standard InChI is InChI=1S/C14H16BrCl2NO/c15-10-3-1-9(2-4-10)8-18-14(19)12-6-5-11(16)7-13(12)17/h5-7,9-10H,1-4,8H2,(H,18,19). The van der Waals surface area contributed by atoms with Gasteiger partial charge < -0.3 is 5.32 Å². The Morgan fingerprint density at radius 2 is 1.95 bits per heavy atom. The minimum atomic E-state index is -0.123. The normalized spacial score (nSPS) is 23.1. The summed E-state index contributed by atoms with van der Waals surface area (Å²) >= 11 is 15.5. The largest absolute Gasteiger partial charge is 0.352 e. The summed E-state index contributed by atoms with van der Waals surface area (Å²) in [7, 11) is 0. The molecule has 104 valence electrons. The summed E-state index contributed by atoms with van der Waals surface area (Å²) in [5, 5.41) is 3.90. The molecule has 1 aliphatic rings. The SMILES string of the molecule is O=C(NCC1CCC(Br)CC1)c1ccc(Cl)cc1Cl. The second-order valence-electron chi connectivity index (χ2n) is 4.95. The van der Waals surface area contributed by atoms with Crippen molar-refractivity contribution in [3.8, 4) is 0 Å². The van der Waals surface area contributed by atoms with Crippen molar-refractivity contribution >= 4 is 45.0 Å². The lowest BCUT2D eigenvalue weighted by atomic mass is 9.89. The average Bonchev–Trinajstić information content (AvgIpc) is 2.37. The van der Waals surface area contributed by atoms with Crippen LogP contribution in [0.3, 0.4) is 0 Å². The van der Waals surface area contributed by atoms with Gasteiger partial charge in [0.1, 0.15) is 0 Å². The molecule has 1 N–H and O–H groups in total. The topological polar surface area (TPSA) is 29.1 Å². The molecule has 19 heavy (non-hydrogen) atoms. The first kappa shape index (κ1) is 15.1. The van der Waals surface area contributed by atoms with Crippen LogP contribution in [0.25, 0.3) is 0 Å². The quantitative estimate of drug-likeness (QED) is 0.775. The Morgan fingerprint density at radius 1 is 1.26 bits per heavy atom. The van der Waals surface area contributed by atoms with Gasteiger partial charge in [-0.25, -0.2) is 0 Å². The van der Waals surface area contributed by atoms with Crippen LogP contribution in [-0.4, -0.2) is 17.3 Å². The molecule has 2 nitrogen and oxygen atoms in total. The zero-order valence-electron chi connectivity index (χ0n) is 10.5. The van der Waals surface area contributed by atoms with Gasteiger partial charge in [0.2, 0.25) is 0 Å². The molecule has 1 aliphatic carbocycles. The van der Waals surface area contributed by atoms with E-state index in [0.717, 1.165) is 19.4 Å². The molecule has 0 atom stereocenters. The number of alkyl halides is 1. The number of nitrogens with one attached hydrogen (secondary N) is 1. The van der Waals surface area contributed by atoms with E-state index in [9.17, 15) is 4.79 Å². The molecular weight excluding hydrogens is 349 g/mol. The molecule has 0 saturated heterocycles. The number of benzene rings is 1. The van der Waals surface area contributed by atoms with Crippen molar-refractivity contribution in [1.29, 1.82) is 0 Å². The maximum atomic E-state index is 12.0. The first-order valence-electron chi connectivity index (χ1n) is 6.43. The Hall–Kier alpha value is -0.250. The molecule has 1 amide bonds. The predicted molar refractivity (Wildman–Crippen MR) is 83.5 cm³/mol. The summed E-state index contributed by atoms with van der Waals surface area (Å²) in [5.74, 6) is 0.450. The molecular formula is C14H16BrCl2NO. The zero-order valence-corrected chi connectivity index (χ0v) is 13.6. The zero-order chi connectivity index (χ0) is 13.8. The van der Waals surface area contributed by atoms with Crippen molar-refractivity contribution in [3.63, 3.8) is 0 Å². The van der Waals surface area contributed by atoms with Gasteiger partial charge >= 0.3 is 0 Å². The Bertz CT molecular complexity index is 459. The third kappa shape index (κ3) is 4.37. The summed E-state index contributed by atoms with van der Waals surface area (Å²) in [4.78, 5) is 12.7. The number of hydrogen-bond donors (Lipinski definition) is 1. The van der Waals surface area contributed by atoms with Gasteiger partial charge in [0.05, 0.1) is 10.6 Å². The summed E-state index contributed by atoms with van der Waals surface area (Å²) in [5.41, 5.74) is 0.486. The Morgan fingerprint density at radius 3 is 2.58 bits per heavy atom. The van der Waals surface area contributed by atoms with E-state index in [1.165, 1.54) is 12.8 Å². The summed E-state index contributed by atoms with van der Waals surface area (Å²) < 4.78 is 0. The molecule has 1 saturated carbocycles. The second-order valence-corrected chi connectivity index (χ2v) is 7.09. The molecule has 2 rings (SSSR count). The highest BCUT2D eigenvalue weighted by atomic mass is 79.9. The Labute approximate surface area is 132 Å². The van der Waals surface area contributed by atoms with E-state index in [2.05, 4.69) is 21.2 Å². The molecule has 1 fully saturated rings. The van der Waals surface area contributed by atoms with E-state index in [1.54, 1.807) is 18.2 Å². The fourth-order valence-electron chi connectivity index (χ4n) is 2.33. The van der Waals surface area contributed by atoms with Crippen molar-refractivity contribution in [3.05, 3.63) is 33.8 Å². The molecule has 0 aliphatic heterocycles. The second kappa shape index (κ2) is 6.96. The van der Waals surface area contributed by atoms with Crippen LogP contribution in [0.4, 0.5) is 0 Å². The number of hydrogen-bond acceptors (Lipinski definition) is 1. The monoisotopic (exact) mass is 363 g/mol. The molecule has 0 unspecified atom stereocenters. The van der Waals surface area contributed by atoms with Crippen LogP contribution in [-0.2, 0) is 0 Å². The third-order valence-corrected chi connectivity index (χ3v) is 4.97. The van der Waals surface area contributed by atoms with Crippen LogP contribution in [0.2, 0.25) is 10.0 Å². The minimum absolute atomic E-state index is 0.123. The van der Waals surface area contributed by atoms with Crippen LogP contribution < -0.4 is 5.32 Å². The van der Waals surface area contributed by atoms with Crippen LogP contribution >= 0.6 is 39.1 Å². The lowest BCUT2D eigenvalue weighted by molar-refractivity contribution is 0.0944. The molecule has 5 heteroatoms. The van der Waals surface area contributed by atoms with Crippen molar-refractivity contribution in [2.75, 3.05) is 6.54 Å². The smallest absolute Gasteiger partial charge is 0.252 e. The lowest BCUT2D eigenvalue weighted by Crippen LogP contribution is -2.31. The number of amides is 1. The maximum absolute atomic E-state index is 12.0. The molecule has 1 aromatic rings. The van der Waals surface area contributed by atoms with E-state index >= 15 is 0 Å². The number of carbonyl (C=O) groups excluding carboxylic acids is 1. The van der Waals surface area contributed by atoms with Crippen LogP contribution in [0.5, 0.6) is 0 Å². The van der Waals surface area contributed by atoms with Gasteiger partial charge in [0.25, 0.3) is 5.91 Å². The van der Waals surface area contributed by atoms with Crippen molar-refractivity contribution in [1.82, 2.24) is 5.32 Å². The van der Waals surface area contributed by atoms with E-state index in [4.69, 9.17) is 23.2 Å². The van der Waals surface area contributed by atoms with E-state index in [1.807, 2.05) is 0 Å². The van der Waals surface area contributed by atoms with Crippen LogP contribution in [0.15, 0.2) is 18.2 Å². The molecule has 0 bridgehead atoms. The van der Waals surface area contributed by atoms with Gasteiger partial charge in [0.15, 0.2) is 0 Å². The van der Waals surface area contributed by atoms with E-state index < -0.39 is 0 Å². The fraction of sp³-hybridized carbons (Fsp3) is 0.500. The minimum Gasteiger partial charge on any atom is -0.352 e. The first-order valence-corrected chi connectivity index (χ1v) is 8.10. The number of carbonyl (C=O) groups is 1. The van der Waals surface area contributed by atoms with E-state index in [-0.39, 0.29) is 5.91 Å². The molecule has 0 heterocycles. The number of rotatable bonds is 3. The van der Waals surface area contributed by atoms with Crippen molar-refractivity contribution in [2.24, 2.45) is 5.92 Å². The summed E-state index contributed by atoms with van der Waals surface area (Å²) in [6.45, 7) is 0.720. The highest BCUT2D eigenvalue weighted by Gasteiger charge is 2.20. The third-order valence-electron chi connectivity index (χ3n) is 3.50. The molecule has 1 aromatic carbocycles. The number of halogens is 3. The summed E-state index contributed by atoms with van der Waals surface area (Å²) in [6, 6.07) is 4.93. The molecule has 0 radical (unpaired) electrons. The van der Waals surface area contributed by atoms with E-state index in [0.29, 0.717) is 26.4 Å². The van der Waals surface area contributed by atoms with Crippen molar-refractivity contribution < 1.29 is 4.79 Å².